The molecule has 0 bridgehead atoms. The molecule has 1 heterocycles. The van der Waals surface area contributed by atoms with Crippen molar-refractivity contribution in [2.24, 2.45) is 0 Å². The highest BCUT2D eigenvalue weighted by Gasteiger charge is 2.46. The van der Waals surface area contributed by atoms with Gasteiger partial charge in [-0.1, -0.05) is 29.8 Å². The SMILES string of the molecule is CCOP(=O)(OCC)[C@H]1C[C@H](c2cccc(C)c2)ON1C. The van der Waals surface area contributed by atoms with E-state index in [1.165, 1.54) is 5.56 Å². The summed E-state index contributed by atoms with van der Waals surface area (Å²) in [5.41, 5.74) is 2.27. The van der Waals surface area contributed by atoms with Crippen LogP contribution in [0, 0.1) is 6.92 Å². The van der Waals surface area contributed by atoms with Crippen molar-refractivity contribution in [2.75, 3.05) is 20.3 Å². The van der Waals surface area contributed by atoms with E-state index >= 15 is 0 Å². The molecule has 0 aliphatic carbocycles. The van der Waals surface area contributed by atoms with E-state index in [1.54, 1.807) is 12.1 Å². The van der Waals surface area contributed by atoms with Gasteiger partial charge in [-0.05, 0) is 26.3 Å². The molecule has 1 aromatic carbocycles. The van der Waals surface area contributed by atoms with Crippen molar-refractivity contribution >= 4 is 7.60 Å². The Morgan fingerprint density at radius 2 is 2.00 bits per heavy atom. The van der Waals surface area contributed by atoms with Gasteiger partial charge < -0.3 is 9.05 Å². The van der Waals surface area contributed by atoms with E-state index in [0.717, 1.165) is 5.56 Å². The zero-order chi connectivity index (χ0) is 15.5. The van der Waals surface area contributed by atoms with Gasteiger partial charge in [0.1, 0.15) is 11.9 Å². The largest absolute Gasteiger partial charge is 0.350 e. The molecule has 118 valence electrons. The fourth-order valence-electron chi connectivity index (χ4n) is 2.62. The van der Waals surface area contributed by atoms with Crippen molar-refractivity contribution in [2.45, 2.75) is 39.1 Å². The lowest BCUT2D eigenvalue weighted by molar-refractivity contribution is -0.137. The third kappa shape index (κ3) is 3.74. The van der Waals surface area contributed by atoms with Gasteiger partial charge in [-0.25, -0.2) is 0 Å². The van der Waals surface area contributed by atoms with Crippen LogP contribution in [0.4, 0.5) is 0 Å². The summed E-state index contributed by atoms with van der Waals surface area (Å²) in [5.74, 6) is -0.372. The molecule has 2 atom stereocenters. The van der Waals surface area contributed by atoms with Crippen molar-refractivity contribution in [1.82, 2.24) is 5.06 Å². The maximum atomic E-state index is 12.9. The van der Waals surface area contributed by atoms with E-state index in [9.17, 15) is 4.57 Å². The summed E-state index contributed by atoms with van der Waals surface area (Å²) in [7, 11) is -1.41. The summed E-state index contributed by atoms with van der Waals surface area (Å²) in [4.78, 5) is 5.85. The first kappa shape index (κ1) is 16.7. The average Bonchev–Trinajstić information content (AvgIpc) is 2.82. The van der Waals surface area contributed by atoms with Crippen LogP contribution in [0.1, 0.15) is 37.5 Å². The molecule has 0 unspecified atom stereocenters. The Bertz CT molecular complexity index is 512. The van der Waals surface area contributed by atoms with E-state index < -0.39 is 7.60 Å². The van der Waals surface area contributed by atoms with Crippen molar-refractivity contribution in [1.29, 1.82) is 0 Å². The van der Waals surface area contributed by atoms with Gasteiger partial charge in [0.2, 0.25) is 0 Å². The van der Waals surface area contributed by atoms with Gasteiger partial charge in [0.15, 0.2) is 0 Å². The van der Waals surface area contributed by atoms with Crippen LogP contribution in [-0.2, 0) is 18.5 Å². The van der Waals surface area contributed by atoms with Crippen molar-refractivity contribution in [3.63, 3.8) is 0 Å². The molecule has 0 radical (unpaired) electrons. The minimum Gasteiger partial charge on any atom is -0.308 e. The molecule has 0 saturated carbocycles. The van der Waals surface area contributed by atoms with E-state index in [1.807, 2.05) is 39.0 Å². The van der Waals surface area contributed by atoms with Crippen molar-refractivity contribution in [3.05, 3.63) is 35.4 Å². The number of hydrogen-bond acceptors (Lipinski definition) is 5. The maximum absolute atomic E-state index is 12.9. The van der Waals surface area contributed by atoms with Crippen LogP contribution in [0.15, 0.2) is 24.3 Å². The third-order valence-corrected chi connectivity index (χ3v) is 6.04. The van der Waals surface area contributed by atoms with Crippen LogP contribution in [0.25, 0.3) is 0 Å². The lowest BCUT2D eigenvalue weighted by Gasteiger charge is -2.25. The Kier molecular flexibility index (Phi) is 5.58. The van der Waals surface area contributed by atoms with Crippen LogP contribution < -0.4 is 0 Å². The highest BCUT2D eigenvalue weighted by molar-refractivity contribution is 7.54. The van der Waals surface area contributed by atoms with Crippen LogP contribution in [-0.4, -0.2) is 31.1 Å². The third-order valence-electron chi connectivity index (χ3n) is 3.54. The van der Waals surface area contributed by atoms with Crippen molar-refractivity contribution < 1.29 is 18.5 Å². The predicted molar refractivity (Wildman–Crippen MR) is 82.0 cm³/mol. The molecule has 6 heteroatoms. The monoisotopic (exact) mass is 313 g/mol. The van der Waals surface area contributed by atoms with E-state index in [2.05, 4.69) is 6.07 Å². The Morgan fingerprint density at radius 1 is 1.33 bits per heavy atom. The first-order chi connectivity index (χ1) is 10.00. The molecule has 5 nitrogen and oxygen atoms in total. The highest BCUT2D eigenvalue weighted by atomic mass is 31.2. The van der Waals surface area contributed by atoms with Gasteiger partial charge in [-0.3, -0.25) is 9.40 Å². The highest BCUT2D eigenvalue weighted by Crippen LogP contribution is 2.59. The fourth-order valence-corrected chi connectivity index (χ4v) is 4.66. The van der Waals surface area contributed by atoms with Gasteiger partial charge in [0, 0.05) is 13.5 Å². The molecule has 1 aliphatic rings. The molecular formula is C15H24NO4P. The molecule has 0 N–H and O–H groups in total. The predicted octanol–water partition coefficient (Wildman–Crippen LogP) is 3.90. The molecule has 0 spiro atoms. The molecule has 1 aromatic rings. The fraction of sp³-hybridized carbons (Fsp3) is 0.600. The summed E-state index contributed by atoms with van der Waals surface area (Å²) >= 11 is 0. The second-order valence-electron chi connectivity index (χ2n) is 5.15. The van der Waals surface area contributed by atoms with Crippen LogP contribution >= 0.6 is 7.60 Å². The number of aryl methyl sites for hydroxylation is 1. The summed E-state index contributed by atoms with van der Waals surface area (Å²) in [6.45, 7) is 6.40. The normalized spacial score (nSPS) is 23.6. The number of hydroxylamine groups is 2. The average molecular weight is 313 g/mol. The van der Waals surface area contributed by atoms with Crippen LogP contribution in [0.2, 0.25) is 0 Å². The molecule has 1 saturated heterocycles. The van der Waals surface area contributed by atoms with Gasteiger partial charge in [0.25, 0.3) is 0 Å². The van der Waals surface area contributed by atoms with Crippen molar-refractivity contribution in [3.8, 4) is 0 Å². The first-order valence-electron chi connectivity index (χ1n) is 7.35. The van der Waals surface area contributed by atoms with E-state index in [4.69, 9.17) is 13.9 Å². The number of nitrogens with zero attached hydrogens (tertiary/aromatic N) is 1. The van der Waals surface area contributed by atoms with Gasteiger partial charge >= 0.3 is 7.60 Å². The Balaban J connectivity index is 2.18. The van der Waals surface area contributed by atoms with E-state index in [0.29, 0.717) is 19.6 Å². The van der Waals surface area contributed by atoms with Crippen LogP contribution in [0.5, 0.6) is 0 Å². The number of hydrogen-bond donors (Lipinski definition) is 0. The number of benzene rings is 1. The zero-order valence-corrected chi connectivity index (χ0v) is 14.0. The molecule has 0 aromatic heterocycles. The zero-order valence-electron chi connectivity index (χ0n) is 13.1. The standard InChI is InChI=1S/C15H24NO4P/c1-5-18-21(17,19-6-2)15-11-14(20-16(15)4)13-9-7-8-12(3)10-13/h7-10,14-15H,5-6,11H2,1-4H3/t14-,15+/m1/s1. The summed E-state index contributed by atoms with van der Waals surface area (Å²) in [6, 6.07) is 8.17. The molecular weight excluding hydrogens is 289 g/mol. The summed E-state index contributed by atoms with van der Waals surface area (Å²) in [6.07, 6.45) is 0.478. The van der Waals surface area contributed by atoms with E-state index in [-0.39, 0.29) is 11.9 Å². The smallest absolute Gasteiger partial charge is 0.308 e. The lowest BCUT2D eigenvalue weighted by Crippen LogP contribution is -2.25. The van der Waals surface area contributed by atoms with Crippen LogP contribution in [0.3, 0.4) is 0 Å². The quantitative estimate of drug-likeness (QED) is 0.746. The second kappa shape index (κ2) is 7.03. The summed E-state index contributed by atoms with van der Waals surface area (Å²) in [5, 5.41) is 1.62. The minimum absolute atomic E-state index is 0.117. The van der Waals surface area contributed by atoms with Gasteiger partial charge in [0.05, 0.1) is 13.2 Å². The van der Waals surface area contributed by atoms with Gasteiger partial charge in [-0.15, -0.1) is 0 Å². The molecule has 0 amide bonds. The Hall–Kier alpha value is -0.710. The molecule has 21 heavy (non-hydrogen) atoms. The second-order valence-corrected chi connectivity index (χ2v) is 7.34. The summed E-state index contributed by atoms with van der Waals surface area (Å²) < 4.78 is 23.8. The maximum Gasteiger partial charge on any atom is 0.350 e. The topological polar surface area (TPSA) is 48.0 Å². The number of rotatable bonds is 6. The Morgan fingerprint density at radius 3 is 2.57 bits per heavy atom. The molecule has 1 aliphatic heterocycles. The molecule has 1 fully saturated rings. The van der Waals surface area contributed by atoms with Gasteiger partial charge in [-0.2, -0.15) is 5.06 Å². The lowest BCUT2D eigenvalue weighted by atomic mass is 10.1. The minimum atomic E-state index is -3.19. The first-order valence-corrected chi connectivity index (χ1v) is 8.96. The Labute approximate surface area is 126 Å². The molecule has 2 rings (SSSR count).